The molecule has 0 unspecified atom stereocenters. The maximum absolute atomic E-state index is 12.8. The summed E-state index contributed by atoms with van der Waals surface area (Å²) in [5, 5.41) is 6.24. The minimum atomic E-state index is -0.122. The van der Waals surface area contributed by atoms with E-state index in [2.05, 4.69) is 15.2 Å². The lowest BCUT2D eigenvalue weighted by Gasteiger charge is -2.32. The summed E-state index contributed by atoms with van der Waals surface area (Å²) >= 11 is 0. The molecule has 9 nitrogen and oxygen atoms in total. The van der Waals surface area contributed by atoms with Crippen LogP contribution >= 0.6 is 0 Å². The first-order valence-corrected chi connectivity index (χ1v) is 11.5. The van der Waals surface area contributed by atoms with E-state index in [0.717, 1.165) is 29.4 Å². The summed E-state index contributed by atoms with van der Waals surface area (Å²) in [6.07, 6.45) is 7.08. The van der Waals surface area contributed by atoms with Crippen LogP contribution in [-0.4, -0.2) is 71.4 Å². The zero-order chi connectivity index (χ0) is 23.4. The van der Waals surface area contributed by atoms with E-state index in [1.54, 1.807) is 19.4 Å². The molecule has 2 aliphatic rings. The number of hydrogen-bond acceptors (Lipinski definition) is 7. The Morgan fingerprint density at radius 1 is 1.15 bits per heavy atom. The smallest absolute Gasteiger partial charge is 0.236 e. The molecule has 3 heterocycles. The molecular formula is C24H33N7O2. The lowest BCUT2D eigenvalue weighted by Crippen LogP contribution is -2.45. The molecule has 4 rings (SSSR count). The van der Waals surface area contributed by atoms with E-state index in [4.69, 9.17) is 11.6 Å². The van der Waals surface area contributed by atoms with Crippen LogP contribution in [0.1, 0.15) is 31.2 Å². The highest BCUT2D eigenvalue weighted by molar-refractivity contribution is 5.95. The maximum atomic E-state index is 12.8. The fourth-order valence-corrected chi connectivity index (χ4v) is 4.53. The van der Waals surface area contributed by atoms with Crippen molar-refractivity contribution in [3.63, 3.8) is 0 Å². The lowest BCUT2D eigenvalue weighted by molar-refractivity contribution is -0.135. The van der Waals surface area contributed by atoms with Crippen molar-refractivity contribution in [2.75, 3.05) is 45.1 Å². The number of rotatable bonds is 6. The van der Waals surface area contributed by atoms with Crippen LogP contribution < -0.4 is 16.9 Å². The molecule has 9 heteroatoms. The topological polar surface area (TPSA) is 121 Å². The number of benzene rings is 1. The van der Waals surface area contributed by atoms with Gasteiger partial charge < -0.3 is 21.0 Å². The number of aromatic nitrogens is 1. The molecule has 2 aromatic rings. The second-order valence-corrected chi connectivity index (χ2v) is 9.01. The summed E-state index contributed by atoms with van der Waals surface area (Å²) in [5.41, 5.74) is 7.50. The van der Waals surface area contributed by atoms with Gasteiger partial charge in [-0.25, -0.2) is 10.8 Å². The molecule has 2 saturated heterocycles. The number of anilines is 1. The van der Waals surface area contributed by atoms with Gasteiger partial charge in [0.05, 0.1) is 12.2 Å². The van der Waals surface area contributed by atoms with Crippen LogP contribution in [0.2, 0.25) is 0 Å². The Morgan fingerprint density at radius 2 is 1.88 bits per heavy atom. The number of likely N-dealkylation sites (tertiary alicyclic amines) is 2. The molecule has 1 aromatic heterocycles. The van der Waals surface area contributed by atoms with Gasteiger partial charge in [-0.15, -0.1) is 0 Å². The van der Waals surface area contributed by atoms with Crippen LogP contribution in [0.15, 0.2) is 36.7 Å². The van der Waals surface area contributed by atoms with E-state index in [1.807, 2.05) is 29.2 Å². The summed E-state index contributed by atoms with van der Waals surface area (Å²) in [7, 11) is 1.71. The first-order valence-electron chi connectivity index (χ1n) is 11.5. The fraction of sp³-hybridized carbons (Fsp3) is 0.458. The summed E-state index contributed by atoms with van der Waals surface area (Å²) in [6, 6.07) is 7.66. The number of carbonyl (C=O) groups excluding carboxylic acids is 2. The first kappa shape index (κ1) is 23.0. The minimum absolute atomic E-state index is 0.0474. The van der Waals surface area contributed by atoms with Crippen molar-refractivity contribution in [2.45, 2.75) is 25.7 Å². The van der Waals surface area contributed by atoms with E-state index < -0.39 is 0 Å². The first-order chi connectivity index (χ1) is 15.9. The molecule has 2 amide bonds. The largest absolute Gasteiger partial charge is 0.397 e. The van der Waals surface area contributed by atoms with Crippen LogP contribution in [0.5, 0.6) is 0 Å². The third kappa shape index (κ3) is 5.80. The number of carbonyl (C=O) groups is 2. The van der Waals surface area contributed by atoms with Crippen LogP contribution in [-0.2, 0) is 9.59 Å². The van der Waals surface area contributed by atoms with Gasteiger partial charge in [-0.2, -0.15) is 0 Å². The van der Waals surface area contributed by atoms with Crippen LogP contribution in [0.4, 0.5) is 5.82 Å². The van der Waals surface area contributed by atoms with Crippen molar-refractivity contribution in [2.24, 2.45) is 17.5 Å². The van der Waals surface area contributed by atoms with Crippen molar-refractivity contribution in [1.29, 1.82) is 0 Å². The van der Waals surface area contributed by atoms with E-state index in [1.165, 1.54) is 17.9 Å². The van der Waals surface area contributed by atoms with Gasteiger partial charge in [-0.1, -0.05) is 12.1 Å². The van der Waals surface area contributed by atoms with Gasteiger partial charge in [-0.3, -0.25) is 14.5 Å². The number of nitrogens with two attached hydrogens (primary N) is 2. The highest BCUT2D eigenvalue weighted by Gasteiger charge is 2.28. The average molecular weight is 452 g/mol. The molecule has 5 N–H and O–H groups in total. The molecule has 0 radical (unpaired) electrons. The molecule has 2 aliphatic heterocycles. The monoisotopic (exact) mass is 451 g/mol. The van der Waals surface area contributed by atoms with Crippen molar-refractivity contribution >= 4 is 34.1 Å². The zero-order valence-electron chi connectivity index (χ0n) is 19.2. The molecule has 0 bridgehead atoms. The molecular weight excluding hydrogens is 418 g/mol. The highest BCUT2D eigenvalue weighted by atomic mass is 16.2. The quantitative estimate of drug-likeness (QED) is 0.450. The molecule has 0 aliphatic carbocycles. The van der Waals surface area contributed by atoms with E-state index >= 15 is 0 Å². The van der Waals surface area contributed by atoms with Gasteiger partial charge >= 0.3 is 0 Å². The van der Waals surface area contributed by atoms with E-state index in [0.29, 0.717) is 44.0 Å². The predicted molar refractivity (Wildman–Crippen MR) is 129 cm³/mol. The van der Waals surface area contributed by atoms with Crippen molar-refractivity contribution in [1.82, 2.24) is 19.8 Å². The summed E-state index contributed by atoms with van der Waals surface area (Å²) in [5.74, 6) is 6.17. The molecule has 0 atom stereocenters. The summed E-state index contributed by atoms with van der Waals surface area (Å²) in [4.78, 5) is 33.9. The van der Waals surface area contributed by atoms with Crippen LogP contribution in [0.3, 0.4) is 0 Å². The minimum Gasteiger partial charge on any atom is -0.397 e. The predicted octanol–water partition coefficient (Wildman–Crippen LogP) is 1.57. The second-order valence-electron chi connectivity index (χ2n) is 9.01. The number of nitrogens with zero attached hydrogens (tertiary/aromatic N) is 4. The number of hydrogen-bond donors (Lipinski definition) is 3. The molecule has 0 saturated carbocycles. The van der Waals surface area contributed by atoms with Gasteiger partial charge in [-0.05, 0) is 61.9 Å². The maximum Gasteiger partial charge on any atom is 0.236 e. The van der Waals surface area contributed by atoms with Crippen molar-refractivity contribution in [3.8, 4) is 0 Å². The van der Waals surface area contributed by atoms with Gasteiger partial charge in [0.2, 0.25) is 11.8 Å². The average Bonchev–Trinajstić information content (AvgIpc) is 3.31. The normalized spacial score (nSPS) is 18.0. The molecule has 1 aromatic carbocycles. The van der Waals surface area contributed by atoms with Crippen molar-refractivity contribution < 1.29 is 9.59 Å². The molecule has 2 fully saturated rings. The Hall–Kier alpha value is -3.17. The zero-order valence-corrected chi connectivity index (χ0v) is 19.2. The third-order valence-electron chi connectivity index (χ3n) is 6.43. The number of fused-ring (bicyclic) bond motifs is 1. The van der Waals surface area contributed by atoms with Gasteiger partial charge in [0, 0.05) is 43.8 Å². The van der Waals surface area contributed by atoms with Crippen LogP contribution in [0.25, 0.3) is 16.5 Å². The summed E-state index contributed by atoms with van der Waals surface area (Å²) < 4.78 is 0. The van der Waals surface area contributed by atoms with Crippen LogP contribution in [0, 0.1) is 5.92 Å². The fourth-order valence-electron chi connectivity index (χ4n) is 4.53. The number of piperidine rings is 1. The van der Waals surface area contributed by atoms with E-state index in [9.17, 15) is 9.59 Å². The number of hydrazine groups is 1. The number of amides is 2. The second kappa shape index (κ2) is 10.2. The molecule has 176 valence electrons. The van der Waals surface area contributed by atoms with Gasteiger partial charge in [0.1, 0.15) is 5.82 Å². The lowest BCUT2D eigenvalue weighted by atomic mass is 9.96. The molecule has 33 heavy (non-hydrogen) atoms. The Morgan fingerprint density at radius 3 is 2.58 bits per heavy atom. The Balaban J connectivity index is 1.35. The van der Waals surface area contributed by atoms with Gasteiger partial charge in [0.25, 0.3) is 0 Å². The Kier molecular flexibility index (Phi) is 7.10. The standard InChI is InChI=1S/C24H33N7O2/c1-29(26)15-21(25)18-4-5-19-14-27-22(13-20(19)12-18)28-24(33)17-6-10-31(11-7-17)23(32)16-30-8-2-3-9-30/h4-5,12-15,17H,2-3,6-11,16,25-26H2,1H3,(H,27,28,33)/b21-15-. The Labute approximate surface area is 194 Å². The van der Waals surface area contributed by atoms with Gasteiger partial charge in [0.15, 0.2) is 0 Å². The van der Waals surface area contributed by atoms with Crippen molar-refractivity contribution in [3.05, 3.63) is 42.2 Å². The summed E-state index contributed by atoms with van der Waals surface area (Å²) in [6.45, 7) is 3.78. The van der Waals surface area contributed by atoms with E-state index in [-0.39, 0.29) is 17.7 Å². The Bertz CT molecular complexity index is 1040. The SMILES string of the molecule is CN(N)/C=C(\N)c1ccc2cnc(NC(=O)C3CCN(C(=O)CN4CCCC4)CC3)cc2c1. The number of nitrogens with one attached hydrogen (secondary N) is 1. The molecule has 0 spiro atoms. The number of pyridine rings is 1. The highest BCUT2D eigenvalue weighted by Crippen LogP contribution is 2.23. The third-order valence-corrected chi connectivity index (χ3v) is 6.43.